The van der Waals surface area contributed by atoms with Gasteiger partial charge in [0.25, 0.3) is 0 Å². The molecule has 2 aromatic rings. The molecule has 1 aliphatic rings. The van der Waals surface area contributed by atoms with Crippen molar-refractivity contribution in [2.24, 2.45) is 4.99 Å². The van der Waals surface area contributed by atoms with Crippen LogP contribution in [-0.4, -0.2) is 79.7 Å². The minimum atomic E-state index is -3.76. The molecule has 2 amide bonds. The molecule has 0 unspecified atom stereocenters. The molecule has 2 aromatic carbocycles. The molecule has 39 heavy (non-hydrogen) atoms. The zero-order valence-corrected chi connectivity index (χ0v) is 24.7. The predicted octanol–water partition coefficient (Wildman–Crippen LogP) is 4.48. The number of amidine groups is 1. The van der Waals surface area contributed by atoms with E-state index >= 15 is 0 Å². The lowest BCUT2D eigenvalue weighted by Gasteiger charge is -2.25. The third-order valence-electron chi connectivity index (χ3n) is 5.99. The fraction of sp³-hybridized carbons (Fsp3) is 0.393. The Hall–Kier alpha value is -3.21. The molecule has 210 valence electrons. The number of likely N-dealkylation sites (N-methyl/N-ethyl adjacent to an activating group) is 2. The van der Waals surface area contributed by atoms with E-state index in [1.807, 2.05) is 45.0 Å². The normalized spacial score (nSPS) is 14.2. The molecule has 1 heterocycles. The number of rotatable bonds is 8. The number of hydrogen-bond acceptors (Lipinski definition) is 6. The van der Waals surface area contributed by atoms with Crippen LogP contribution in [0.3, 0.4) is 0 Å². The molecule has 0 atom stereocenters. The highest BCUT2D eigenvalue weighted by atomic mass is 35.5. The Morgan fingerprint density at radius 1 is 1.13 bits per heavy atom. The van der Waals surface area contributed by atoms with Gasteiger partial charge >= 0.3 is 6.09 Å². The summed E-state index contributed by atoms with van der Waals surface area (Å²) in [4.78, 5) is 32.8. The lowest BCUT2D eigenvalue weighted by molar-refractivity contribution is -0.125. The molecule has 0 aliphatic carbocycles. The van der Waals surface area contributed by atoms with E-state index in [0.29, 0.717) is 36.1 Å². The van der Waals surface area contributed by atoms with Crippen LogP contribution in [0.5, 0.6) is 0 Å². The Kier molecular flexibility index (Phi) is 9.58. The third kappa shape index (κ3) is 7.68. The highest BCUT2D eigenvalue weighted by Gasteiger charge is 2.29. The quantitative estimate of drug-likeness (QED) is 0.433. The van der Waals surface area contributed by atoms with E-state index in [-0.39, 0.29) is 17.3 Å². The summed E-state index contributed by atoms with van der Waals surface area (Å²) in [7, 11) is -0.637. The van der Waals surface area contributed by atoms with Crippen LogP contribution in [0, 0.1) is 6.92 Å². The van der Waals surface area contributed by atoms with Crippen LogP contribution in [-0.2, 0) is 26.1 Å². The van der Waals surface area contributed by atoms with Crippen LogP contribution in [0.2, 0.25) is 5.02 Å². The largest absolute Gasteiger partial charge is 0.443 e. The van der Waals surface area contributed by atoms with Crippen molar-refractivity contribution < 1.29 is 22.7 Å². The van der Waals surface area contributed by atoms with Crippen molar-refractivity contribution >= 4 is 39.5 Å². The summed E-state index contributed by atoms with van der Waals surface area (Å²) >= 11 is 6.08. The minimum Gasteiger partial charge on any atom is -0.443 e. The zero-order chi connectivity index (χ0) is 29.0. The van der Waals surface area contributed by atoms with Crippen LogP contribution in [0.25, 0.3) is 0 Å². The number of sulfonamides is 1. The van der Waals surface area contributed by atoms with Crippen molar-refractivity contribution in [1.29, 1.82) is 0 Å². The molecular weight excluding hydrogens is 540 g/mol. The number of nitrogens with zero attached hydrogens (tertiary/aromatic N) is 4. The van der Waals surface area contributed by atoms with Crippen LogP contribution < -0.4 is 0 Å². The maximum absolute atomic E-state index is 12.9. The SMILES string of the molecule is Cc1c(Cl)cccc1S(=O)(=O)N(C)CC=CC(=O)N(C)Cc1ccc(C2=NCCN2C(=O)OC(C)(C)C)cc1. The number of carbonyl (C=O) groups excluding carboxylic acids is 2. The average molecular weight is 575 g/mol. The molecular formula is C28H35ClN4O5S. The topological polar surface area (TPSA) is 99.6 Å². The fourth-order valence-electron chi connectivity index (χ4n) is 3.86. The zero-order valence-electron chi connectivity index (χ0n) is 23.1. The van der Waals surface area contributed by atoms with Crippen molar-refractivity contribution in [2.75, 3.05) is 33.7 Å². The van der Waals surface area contributed by atoms with Crippen LogP contribution >= 0.6 is 11.6 Å². The van der Waals surface area contributed by atoms with E-state index in [0.717, 1.165) is 11.1 Å². The van der Waals surface area contributed by atoms with Gasteiger partial charge in [0.2, 0.25) is 15.9 Å². The second-order valence-corrected chi connectivity index (χ2v) is 12.7. The minimum absolute atomic E-state index is 0.0266. The first kappa shape index (κ1) is 30.3. The molecule has 0 saturated heterocycles. The number of aliphatic imine (C=N–C) groups is 1. The highest BCUT2D eigenvalue weighted by Crippen LogP contribution is 2.25. The van der Waals surface area contributed by atoms with Gasteiger partial charge < -0.3 is 9.64 Å². The lowest BCUT2D eigenvalue weighted by Crippen LogP contribution is -2.39. The number of amides is 2. The summed E-state index contributed by atoms with van der Waals surface area (Å²) in [6.07, 6.45) is 2.45. The number of hydrogen-bond donors (Lipinski definition) is 0. The van der Waals surface area contributed by atoms with Crippen LogP contribution in [0.15, 0.2) is 64.5 Å². The van der Waals surface area contributed by atoms with Gasteiger partial charge in [-0.25, -0.2) is 13.2 Å². The molecule has 0 radical (unpaired) electrons. The molecule has 1 aliphatic heterocycles. The van der Waals surface area contributed by atoms with Crippen LogP contribution in [0.1, 0.15) is 37.5 Å². The summed E-state index contributed by atoms with van der Waals surface area (Å²) in [5.74, 6) is 0.301. The Morgan fingerprint density at radius 2 is 1.79 bits per heavy atom. The van der Waals surface area contributed by atoms with Gasteiger partial charge in [-0.05, 0) is 51.0 Å². The highest BCUT2D eigenvalue weighted by molar-refractivity contribution is 7.89. The molecule has 0 spiro atoms. The number of ether oxygens (including phenoxy) is 1. The van der Waals surface area contributed by atoms with Gasteiger partial charge in [-0.1, -0.05) is 48.0 Å². The first-order valence-corrected chi connectivity index (χ1v) is 14.3. The number of halogens is 1. The summed E-state index contributed by atoms with van der Waals surface area (Å²) in [5.41, 5.74) is 1.56. The van der Waals surface area contributed by atoms with Crippen LogP contribution in [0.4, 0.5) is 4.79 Å². The van der Waals surface area contributed by atoms with Crippen molar-refractivity contribution in [2.45, 2.75) is 44.7 Å². The first-order chi connectivity index (χ1) is 18.2. The molecule has 11 heteroatoms. The Balaban J connectivity index is 1.58. The smallest absolute Gasteiger partial charge is 0.416 e. The van der Waals surface area contributed by atoms with E-state index in [2.05, 4.69) is 4.99 Å². The second-order valence-electron chi connectivity index (χ2n) is 10.3. The number of carbonyl (C=O) groups is 2. The van der Waals surface area contributed by atoms with Crippen molar-refractivity contribution in [3.05, 3.63) is 76.3 Å². The van der Waals surface area contributed by atoms with E-state index in [4.69, 9.17) is 16.3 Å². The molecule has 0 bridgehead atoms. The fourth-order valence-corrected chi connectivity index (χ4v) is 5.46. The summed E-state index contributed by atoms with van der Waals surface area (Å²) in [5, 5.41) is 0.376. The van der Waals surface area contributed by atoms with Crippen molar-refractivity contribution in [3.63, 3.8) is 0 Å². The van der Waals surface area contributed by atoms with Crippen molar-refractivity contribution in [1.82, 2.24) is 14.1 Å². The van der Waals surface area contributed by atoms with E-state index in [1.54, 1.807) is 26.1 Å². The van der Waals surface area contributed by atoms with E-state index < -0.39 is 21.7 Å². The molecule has 0 aromatic heterocycles. The van der Waals surface area contributed by atoms with E-state index in [1.165, 1.54) is 39.4 Å². The Morgan fingerprint density at radius 3 is 2.44 bits per heavy atom. The maximum Gasteiger partial charge on any atom is 0.416 e. The molecule has 9 nitrogen and oxygen atoms in total. The first-order valence-electron chi connectivity index (χ1n) is 12.5. The van der Waals surface area contributed by atoms with Gasteiger partial charge in [-0.2, -0.15) is 4.31 Å². The van der Waals surface area contributed by atoms with Gasteiger partial charge in [0.15, 0.2) is 0 Å². The molecule has 0 fully saturated rings. The monoisotopic (exact) mass is 574 g/mol. The van der Waals surface area contributed by atoms with Gasteiger partial charge in [0, 0.05) is 43.8 Å². The van der Waals surface area contributed by atoms with E-state index in [9.17, 15) is 18.0 Å². The molecule has 3 rings (SSSR count). The Bertz CT molecular complexity index is 1380. The molecule has 0 N–H and O–H groups in total. The lowest BCUT2D eigenvalue weighted by atomic mass is 10.1. The van der Waals surface area contributed by atoms with Gasteiger partial charge in [-0.15, -0.1) is 0 Å². The third-order valence-corrected chi connectivity index (χ3v) is 8.37. The molecule has 0 saturated carbocycles. The predicted molar refractivity (Wildman–Crippen MR) is 152 cm³/mol. The summed E-state index contributed by atoms with van der Waals surface area (Å²) in [6, 6.07) is 12.2. The van der Waals surface area contributed by atoms with Crippen molar-refractivity contribution in [3.8, 4) is 0 Å². The maximum atomic E-state index is 12.9. The summed E-state index contributed by atoms with van der Waals surface area (Å²) in [6.45, 7) is 8.47. The van der Waals surface area contributed by atoms with Gasteiger partial charge in [0.1, 0.15) is 11.4 Å². The number of benzene rings is 2. The van der Waals surface area contributed by atoms with Gasteiger partial charge in [0.05, 0.1) is 18.0 Å². The second kappa shape index (κ2) is 12.3. The Labute approximate surface area is 235 Å². The average Bonchev–Trinajstić information content (AvgIpc) is 3.35. The van der Waals surface area contributed by atoms with Gasteiger partial charge in [-0.3, -0.25) is 14.7 Å². The summed E-state index contributed by atoms with van der Waals surface area (Å²) < 4.78 is 32.5. The standard InChI is InChI=1S/C28H35ClN4O5S/c1-20-23(29)9-7-10-24(20)39(36,37)32(6)17-8-11-25(34)31(5)19-21-12-14-22(15-13-21)26-30-16-18-33(26)27(35)38-28(2,3)4/h7-15H,16-19H2,1-6H3.